The molecule has 37 heavy (non-hydrogen) atoms. The van der Waals surface area contributed by atoms with Gasteiger partial charge in [0.25, 0.3) is 0 Å². The van der Waals surface area contributed by atoms with Crippen LogP contribution in [0.25, 0.3) is 0 Å². The summed E-state index contributed by atoms with van der Waals surface area (Å²) in [4.78, 5) is 26.1. The van der Waals surface area contributed by atoms with E-state index in [1.54, 1.807) is 57.3 Å². The summed E-state index contributed by atoms with van der Waals surface area (Å²) in [5, 5.41) is -1.38. The molecule has 0 aromatic heterocycles. The molecule has 0 aliphatic heterocycles. The highest BCUT2D eigenvalue weighted by Crippen LogP contribution is 2.43. The quantitative estimate of drug-likeness (QED) is 0.0629. The van der Waals surface area contributed by atoms with Crippen molar-refractivity contribution in [3.63, 3.8) is 0 Å². The second kappa shape index (κ2) is 13.1. The first-order valence-corrected chi connectivity index (χ1v) is 17.3. The first kappa shape index (κ1) is 32.8. The molecule has 0 heterocycles. The van der Waals surface area contributed by atoms with Gasteiger partial charge < -0.3 is 14.0 Å². The van der Waals surface area contributed by atoms with Gasteiger partial charge in [-0.25, -0.2) is 18.0 Å². The van der Waals surface area contributed by atoms with Crippen molar-refractivity contribution in [2.45, 2.75) is 4.90 Å². The molecule has 3 rings (SSSR count). The first-order chi connectivity index (χ1) is 17.0. The Kier molecular flexibility index (Phi) is 11.6. The minimum atomic E-state index is -4.78. The third-order valence-electron chi connectivity index (χ3n) is 4.27. The van der Waals surface area contributed by atoms with E-state index >= 15 is 0 Å². The Hall–Kier alpha value is 1.32. The molecule has 196 valence electrons. The second-order valence-corrected chi connectivity index (χ2v) is 15.4. The number of carbonyl (C=O) groups excluding carboxylic acids is 2. The molecule has 7 nitrogen and oxygen atoms in total. The lowest BCUT2D eigenvalue weighted by molar-refractivity contribution is 0.0690. The summed E-state index contributed by atoms with van der Waals surface area (Å²) in [5.74, 6) is -2.12. The number of hydrogen-bond donors (Lipinski definition) is 0. The lowest BCUT2D eigenvalue weighted by Gasteiger charge is -2.17. The summed E-state index contributed by atoms with van der Waals surface area (Å²) >= 11 is 34.3. The van der Waals surface area contributed by atoms with E-state index in [9.17, 15) is 22.6 Å². The fourth-order valence-corrected chi connectivity index (χ4v) is 11.5. The zero-order valence-electron chi connectivity index (χ0n) is 17.0. The highest BCUT2D eigenvalue weighted by molar-refractivity contribution is 14.1. The van der Waals surface area contributed by atoms with Crippen molar-refractivity contribution in [2.75, 3.05) is 0 Å². The smallest absolute Gasteiger partial charge is 0.346 e. The van der Waals surface area contributed by atoms with E-state index in [2.05, 4.69) is 22.6 Å². The van der Waals surface area contributed by atoms with Gasteiger partial charge in [0.2, 0.25) is 0 Å². The van der Waals surface area contributed by atoms with Crippen molar-refractivity contribution in [3.05, 3.63) is 73.3 Å². The third kappa shape index (κ3) is 7.40. The van der Waals surface area contributed by atoms with E-state index in [1.807, 2.05) is 45.2 Å². The standard InChI is InChI=1S/C20H5Cl4I5O7S/c21-13-11(19(30)35-6-3-9(28)18(10(29)4-6)37(32,33)34)12(14(22)16(24)15(13)23)20(31)36-17-7(26)1-5(25)2-8(17)27/h1-4H,(H,32,33,34)/p-1. The Balaban J connectivity index is 2.12. The molecule has 0 atom stereocenters. The number of ether oxygens (including phenoxy) is 2. The summed E-state index contributed by atoms with van der Waals surface area (Å²) in [6.07, 6.45) is 0. The van der Waals surface area contributed by atoms with Crippen molar-refractivity contribution >= 4 is 181 Å². The fraction of sp³-hybridized carbons (Fsp3) is 0. The van der Waals surface area contributed by atoms with Crippen LogP contribution in [-0.4, -0.2) is 24.9 Å². The van der Waals surface area contributed by atoms with Crippen LogP contribution in [0.3, 0.4) is 0 Å². The van der Waals surface area contributed by atoms with E-state index in [1.165, 1.54) is 0 Å². The molecule has 0 unspecified atom stereocenters. The predicted molar refractivity (Wildman–Crippen MR) is 181 cm³/mol. The zero-order valence-corrected chi connectivity index (χ0v) is 31.6. The number of esters is 2. The maximum atomic E-state index is 13.3. The van der Waals surface area contributed by atoms with E-state index in [4.69, 9.17) is 55.9 Å². The van der Waals surface area contributed by atoms with Crippen LogP contribution in [0, 0.1) is 17.9 Å². The Bertz CT molecular complexity index is 1550. The molecule has 0 amide bonds. The highest BCUT2D eigenvalue weighted by atomic mass is 127. The number of carbonyl (C=O) groups is 2. The van der Waals surface area contributed by atoms with Gasteiger partial charge in [-0.3, -0.25) is 0 Å². The monoisotopic (exact) mass is 1160 g/mol. The lowest BCUT2D eigenvalue weighted by Crippen LogP contribution is -2.20. The molecule has 0 radical (unpaired) electrons. The van der Waals surface area contributed by atoms with Crippen LogP contribution in [0.15, 0.2) is 29.2 Å². The van der Waals surface area contributed by atoms with Crippen LogP contribution in [0.2, 0.25) is 20.1 Å². The van der Waals surface area contributed by atoms with E-state index in [-0.39, 0.29) is 33.7 Å². The van der Waals surface area contributed by atoms with Crippen molar-refractivity contribution < 1.29 is 32.0 Å². The third-order valence-corrected chi connectivity index (χ3v) is 11.7. The van der Waals surface area contributed by atoms with Crippen LogP contribution >= 0.6 is 159 Å². The van der Waals surface area contributed by atoms with Gasteiger partial charge in [-0.15, -0.1) is 0 Å². The molecule has 0 spiro atoms. The minimum Gasteiger partial charge on any atom is -0.744 e. The Morgan fingerprint density at radius 1 is 0.676 bits per heavy atom. The Morgan fingerprint density at radius 3 is 1.49 bits per heavy atom. The van der Waals surface area contributed by atoms with Gasteiger partial charge in [0.1, 0.15) is 15.9 Å². The topological polar surface area (TPSA) is 110 Å². The molecule has 17 heteroatoms. The van der Waals surface area contributed by atoms with E-state index in [0.717, 1.165) is 15.7 Å². The van der Waals surface area contributed by atoms with Gasteiger partial charge in [0.05, 0.1) is 43.3 Å². The van der Waals surface area contributed by atoms with Crippen LogP contribution in [-0.2, 0) is 10.1 Å². The molecule has 0 fully saturated rings. The molecule has 0 aliphatic rings. The van der Waals surface area contributed by atoms with Crippen molar-refractivity contribution in [1.82, 2.24) is 0 Å². The van der Waals surface area contributed by atoms with Gasteiger partial charge in [-0.2, -0.15) is 0 Å². The van der Waals surface area contributed by atoms with Crippen molar-refractivity contribution in [2.24, 2.45) is 0 Å². The fourth-order valence-electron chi connectivity index (χ4n) is 2.78. The maximum Gasteiger partial charge on any atom is 0.346 e. The van der Waals surface area contributed by atoms with Gasteiger partial charge in [0.15, 0.2) is 5.75 Å². The number of halogens is 9. The van der Waals surface area contributed by atoms with E-state index in [0.29, 0.717) is 7.14 Å². The summed E-state index contributed by atoms with van der Waals surface area (Å²) in [6, 6.07) is 5.87. The molecular weight excluding hydrogens is 1160 g/mol. The predicted octanol–water partition coefficient (Wildman–Crippen LogP) is 8.67. The highest BCUT2D eigenvalue weighted by Gasteiger charge is 2.32. The molecule has 3 aromatic rings. The van der Waals surface area contributed by atoms with E-state index < -0.39 is 43.1 Å². The normalized spacial score (nSPS) is 11.4. The lowest BCUT2D eigenvalue weighted by atomic mass is 10.1. The number of hydrogen-bond acceptors (Lipinski definition) is 7. The van der Waals surface area contributed by atoms with Gasteiger partial charge >= 0.3 is 11.9 Å². The molecule has 3 aromatic carbocycles. The average molecular weight is 1160 g/mol. The van der Waals surface area contributed by atoms with Crippen LogP contribution in [0.1, 0.15) is 20.7 Å². The summed E-state index contributed by atoms with van der Waals surface area (Å²) < 4.78 is 47.7. The van der Waals surface area contributed by atoms with Gasteiger partial charge in [-0.05, 0) is 137 Å². The van der Waals surface area contributed by atoms with Crippen molar-refractivity contribution in [1.29, 1.82) is 0 Å². The zero-order chi connectivity index (χ0) is 28.0. The molecule has 0 aliphatic carbocycles. The summed E-state index contributed by atoms with van der Waals surface area (Å²) in [5.41, 5.74) is -1.01. The molecule has 0 saturated carbocycles. The van der Waals surface area contributed by atoms with Crippen LogP contribution in [0.4, 0.5) is 0 Å². The van der Waals surface area contributed by atoms with Crippen LogP contribution < -0.4 is 9.47 Å². The number of benzene rings is 3. The molecular formula is C20H4Cl4I5O7S-. The second-order valence-electron chi connectivity index (χ2n) is 6.65. The number of rotatable bonds is 5. The van der Waals surface area contributed by atoms with Crippen molar-refractivity contribution in [3.8, 4) is 11.5 Å². The minimum absolute atomic E-state index is 0.0167. The Morgan fingerprint density at radius 2 is 1.08 bits per heavy atom. The molecule has 0 N–H and O–H groups in total. The molecule has 0 saturated heterocycles. The largest absolute Gasteiger partial charge is 0.744 e. The Labute approximate surface area is 298 Å². The summed E-state index contributed by atoms with van der Waals surface area (Å²) in [7, 11) is -4.78. The maximum absolute atomic E-state index is 13.3. The first-order valence-electron chi connectivity index (χ1n) is 8.94. The van der Waals surface area contributed by atoms with Crippen LogP contribution in [0.5, 0.6) is 11.5 Å². The average Bonchev–Trinajstić information content (AvgIpc) is 2.75. The van der Waals surface area contributed by atoms with Gasteiger partial charge in [0, 0.05) is 10.7 Å². The van der Waals surface area contributed by atoms with Gasteiger partial charge in [-0.1, -0.05) is 46.4 Å². The summed E-state index contributed by atoms with van der Waals surface area (Å²) in [6.45, 7) is 0. The molecule has 0 bridgehead atoms. The SMILES string of the molecule is O=C(Oc1cc(I)c(S(=O)(=O)[O-])c(I)c1)c1c(Cl)c(Cl)c(Cl)c(Cl)c1C(=O)Oc1c(I)cc(I)cc1I.